The van der Waals surface area contributed by atoms with Gasteiger partial charge >= 0.3 is 0 Å². The Bertz CT molecular complexity index is 311. The average molecular weight is 210 g/mol. The van der Waals surface area contributed by atoms with E-state index in [0.29, 0.717) is 6.04 Å². The van der Waals surface area contributed by atoms with Crippen LogP contribution in [0.3, 0.4) is 0 Å². The van der Waals surface area contributed by atoms with Crippen LogP contribution in [0.5, 0.6) is 0 Å². The second-order valence-electron chi connectivity index (χ2n) is 3.85. The molecule has 2 atom stereocenters. The number of fused-ring (bicyclic) bond motifs is 1. The highest BCUT2D eigenvalue weighted by Gasteiger charge is 2.29. The molecule has 0 radical (unpaired) electrons. The van der Waals surface area contributed by atoms with E-state index in [1.54, 1.807) is 0 Å². The van der Waals surface area contributed by atoms with Crippen LogP contribution in [0, 0.1) is 0 Å². The largest absolute Gasteiger partial charge is 0.309 e. The lowest BCUT2D eigenvalue weighted by molar-refractivity contribution is 0.534. The fourth-order valence-corrected chi connectivity index (χ4v) is 2.47. The molecule has 1 aliphatic rings. The number of benzene rings is 1. The van der Waals surface area contributed by atoms with Crippen LogP contribution in [0.4, 0.5) is 0 Å². The molecule has 0 saturated heterocycles. The summed E-state index contributed by atoms with van der Waals surface area (Å²) in [6, 6.07) is 8.90. The van der Waals surface area contributed by atoms with E-state index in [0.717, 1.165) is 19.4 Å². The maximum absolute atomic E-state index is 6.32. The van der Waals surface area contributed by atoms with Gasteiger partial charge in [0, 0.05) is 6.04 Å². The van der Waals surface area contributed by atoms with Gasteiger partial charge in [-0.15, -0.1) is 11.6 Å². The van der Waals surface area contributed by atoms with Gasteiger partial charge in [0.25, 0.3) is 0 Å². The molecule has 0 aromatic heterocycles. The molecule has 0 amide bonds. The maximum Gasteiger partial charge on any atom is 0.0571 e. The average Bonchev–Trinajstić information content (AvgIpc) is 2.51. The zero-order valence-electron chi connectivity index (χ0n) is 8.46. The summed E-state index contributed by atoms with van der Waals surface area (Å²) in [4.78, 5) is 0. The summed E-state index contributed by atoms with van der Waals surface area (Å²) in [7, 11) is 0. The lowest BCUT2D eigenvalue weighted by Crippen LogP contribution is -2.26. The summed E-state index contributed by atoms with van der Waals surface area (Å²) in [5.41, 5.74) is 2.79. The Morgan fingerprint density at radius 3 is 3.00 bits per heavy atom. The molecule has 0 fully saturated rings. The number of hydrogen-bond acceptors (Lipinski definition) is 1. The van der Waals surface area contributed by atoms with Gasteiger partial charge in [-0.1, -0.05) is 31.2 Å². The fourth-order valence-electron chi connectivity index (χ4n) is 2.08. The highest BCUT2D eigenvalue weighted by molar-refractivity contribution is 6.21. The van der Waals surface area contributed by atoms with Gasteiger partial charge in [-0.2, -0.15) is 0 Å². The topological polar surface area (TPSA) is 12.0 Å². The molecule has 2 heteroatoms. The molecular weight excluding hydrogens is 194 g/mol. The van der Waals surface area contributed by atoms with E-state index in [-0.39, 0.29) is 5.38 Å². The van der Waals surface area contributed by atoms with Crippen LogP contribution in [0.2, 0.25) is 0 Å². The first-order valence-corrected chi connectivity index (χ1v) is 5.72. The third-order valence-corrected chi connectivity index (χ3v) is 3.19. The van der Waals surface area contributed by atoms with E-state index in [2.05, 4.69) is 36.5 Å². The van der Waals surface area contributed by atoms with Crippen molar-refractivity contribution in [2.75, 3.05) is 6.54 Å². The number of halogens is 1. The van der Waals surface area contributed by atoms with Gasteiger partial charge in [-0.25, -0.2) is 0 Å². The van der Waals surface area contributed by atoms with Crippen molar-refractivity contribution in [3.8, 4) is 0 Å². The van der Waals surface area contributed by atoms with E-state index in [1.165, 1.54) is 11.1 Å². The van der Waals surface area contributed by atoms with Gasteiger partial charge in [-0.05, 0) is 30.5 Å². The van der Waals surface area contributed by atoms with Crippen LogP contribution in [-0.2, 0) is 6.42 Å². The Morgan fingerprint density at radius 2 is 2.21 bits per heavy atom. The first-order chi connectivity index (χ1) is 6.83. The quantitative estimate of drug-likeness (QED) is 0.755. The summed E-state index contributed by atoms with van der Waals surface area (Å²) in [6.07, 6.45) is 2.15. The molecule has 1 aromatic carbocycles. The van der Waals surface area contributed by atoms with Crippen molar-refractivity contribution in [1.82, 2.24) is 5.32 Å². The van der Waals surface area contributed by atoms with E-state index < -0.39 is 0 Å². The zero-order valence-corrected chi connectivity index (χ0v) is 9.22. The molecule has 76 valence electrons. The molecule has 1 aliphatic carbocycles. The summed E-state index contributed by atoms with van der Waals surface area (Å²) in [5.74, 6) is 0. The second kappa shape index (κ2) is 4.33. The lowest BCUT2D eigenvalue weighted by Gasteiger charge is -2.16. The number of nitrogens with one attached hydrogen (secondary N) is 1. The molecule has 0 heterocycles. The first-order valence-electron chi connectivity index (χ1n) is 5.28. The highest BCUT2D eigenvalue weighted by atomic mass is 35.5. The molecule has 0 spiro atoms. The third-order valence-electron chi connectivity index (χ3n) is 2.78. The third kappa shape index (κ3) is 1.79. The Morgan fingerprint density at radius 1 is 1.43 bits per heavy atom. The minimum Gasteiger partial charge on any atom is -0.309 e. The van der Waals surface area contributed by atoms with Crippen LogP contribution >= 0.6 is 11.6 Å². The van der Waals surface area contributed by atoms with Crippen LogP contribution in [0.1, 0.15) is 30.5 Å². The summed E-state index contributed by atoms with van der Waals surface area (Å²) in [5, 5.41) is 3.73. The van der Waals surface area contributed by atoms with E-state index in [4.69, 9.17) is 11.6 Å². The zero-order chi connectivity index (χ0) is 9.97. The number of alkyl halides is 1. The van der Waals surface area contributed by atoms with Crippen molar-refractivity contribution in [2.24, 2.45) is 0 Å². The van der Waals surface area contributed by atoms with Crippen LogP contribution in [-0.4, -0.2) is 11.9 Å². The predicted octanol–water partition coefficient (Wildman–Crippen LogP) is 2.89. The van der Waals surface area contributed by atoms with Crippen molar-refractivity contribution >= 4 is 11.6 Å². The van der Waals surface area contributed by atoms with Crippen LogP contribution < -0.4 is 5.32 Å². The highest BCUT2D eigenvalue weighted by Crippen LogP contribution is 2.34. The van der Waals surface area contributed by atoms with Gasteiger partial charge in [0.15, 0.2) is 0 Å². The van der Waals surface area contributed by atoms with Gasteiger partial charge in [0.1, 0.15) is 0 Å². The SMILES string of the molecule is CCCNC1c2ccccc2CC1Cl. The maximum atomic E-state index is 6.32. The van der Waals surface area contributed by atoms with Gasteiger partial charge in [-0.3, -0.25) is 0 Å². The summed E-state index contributed by atoms with van der Waals surface area (Å²) >= 11 is 6.32. The molecule has 0 saturated carbocycles. The lowest BCUT2D eigenvalue weighted by atomic mass is 10.1. The Balaban J connectivity index is 2.17. The van der Waals surface area contributed by atoms with Crippen molar-refractivity contribution in [3.05, 3.63) is 35.4 Å². The fraction of sp³-hybridized carbons (Fsp3) is 0.500. The molecule has 1 aromatic rings. The smallest absolute Gasteiger partial charge is 0.0571 e. The van der Waals surface area contributed by atoms with E-state index in [9.17, 15) is 0 Å². The molecule has 2 unspecified atom stereocenters. The first kappa shape index (κ1) is 10.0. The number of rotatable bonds is 3. The second-order valence-corrected chi connectivity index (χ2v) is 4.41. The normalized spacial score (nSPS) is 25.0. The van der Waals surface area contributed by atoms with Gasteiger partial charge in [0.2, 0.25) is 0 Å². The van der Waals surface area contributed by atoms with E-state index >= 15 is 0 Å². The standard InChI is InChI=1S/C12H16ClN/c1-2-7-14-12-10-6-4-3-5-9(10)8-11(12)13/h3-6,11-12,14H,2,7-8H2,1H3. The molecule has 2 rings (SSSR count). The molecule has 0 aliphatic heterocycles. The molecule has 1 nitrogen and oxygen atoms in total. The molecule has 1 N–H and O–H groups in total. The Labute approximate surface area is 90.5 Å². The minimum atomic E-state index is 0.221. The van der Waals surface area contributed by atoms with Gasteiger partial charge in [0.05, 0.1) is 5.38 Å². The Kier molecular flexibility index (Phi) is 3.09. The molecular formula is C12H16ClN. The van der Waals surface area contributed by atoms with Crippen LogP contribution in [0.15, 0.2) is 24.3 Å². The summed E-state index contributed by atoms with van der Waals surface area (Å²) < 4.78 is 0. The monoisotopic (exact) mass is 209 g/mol. The molecule has 14 heavy (non-hydrogen) atoms. The predicted molar refractivity (Wildman–Crippen MR) is 60.8 cm³/mol. The van der Waals surface area contributed by atoms with Crippen molar-refractivity contribution < 1.29 is 0 Å². The summed E-state index contributed by atoms with van der Waals surface area (Å²) in [6.45, 7) is 3.22. The van der Waals surface area contributed by atoms with E-state index in [1.807, 2.05) is 0 Å². The number of hydrogen-bond donors (Lipinski definition) is 1. The van der Waals surface area contributed by atoms with Crippen molar-refractivity contribution in [2.45, 2.75) is 31.2 Å². The van der Waals surface area contributed by atoms with Crippen molar-refractivity contribution in [3.63, 3.8) is 0 Å². The van der Waals surface area contributed by atoms with Crippen LogP contribution in [0.25, 0.3) is 0 Å². The van der Waals surface area contributed by atoms with Crippen molar-refractivity contribution in [1.29, 1.82) is 0 Å². The Hall–Kier alpha value is -0.530. The van der Waals surface area contributed by atoms with Gasteiger partial charge < -0.3 is 5.32 Å². The molecule has 0 bridgehead atoms. The minimum absolute atomic E-state index is 0.221.